The highest BCUT2D eigenvalue weighted by Gasteiger charge is 2.05. The lowest BCUT2D eigenvalue weighted by Gasteiger charge is -2.15. The van der Waals surface area contributed by atoms with Crippen molar-refractivity contribution in [3.05, 3.63) is 23.4 Å². The fourth-order valence-electron chi connectivity index (χ4n) is 1.87. The Morgan fingerprint density at radius 1 is 1.24 bits per heavy atom. The van der Waals surface area contributed by atoms with Gasteiger partial charge >= 0.3 is 0 Å². The first-order valence-corrected chi connectivity index (χ1v) is 6.67. The predicted octanol–water partition coefficient (Wildman–Crippen LogP) is 2.95. The van der Waals surface area contributed by atoms with Crippen LogP contribution in [0.25, 0.3) is 0 Å². The van der Waals surface area contributed by atoms with Gasteiger partial charge in [0.1, 0.15) is 5.82 Å². The summed E-state index contributed by atoms with van der Waals surface area (Å²) in [5, 5.41) is 3.43. The largest absolute Gasteiger partial charge is 0.370 e. The van der Waals surface area contributed by atoms with Crippen molar-refractivity contribution in [2.24, 2.45) is 11.7 Å². The van der Waals surface area contributed by atoms with Crippen LogP contribution in [0.15, 0.2) is 12.1 Å². The Bertz CT molecular complexity index is 310. The fraction of sp³-hybridized carbons (Fsp3) is 0.643. The van der Waals surface area contributed by atoms with Gasteiger partial charge in [-0.3, -0.25) is 0 Å². The van der Waals surface area contributed by atoms with Crippen molar-refractivity contribution < 1.29 is 0 Å². The Balaban J connectivity index is 2.69. The number of hydrogen-bond donors (Lipinski definition) is 2. The van der Waals surface area contributed by atoms with Crippen molar-refractivity contribution in [1.82, 2.24) is 4.98 Å². The van der Waals surface area contributed by atoms with E-state index in [0.29, 0.717) is 6.54 Å². The van der Waals surface area contributed by atoms with Gasteiger partial charge in [0, 0.05) is 18.8 Å². The predicted molar refractivity (Wildman–Crippen MR) is 74.1 cm³/mol. The van der Waals surface area contributed by atoms with Gasteiger partial charge in [0.05, 0.1) is 0 Å². The van der Waals surface area contributed by atoms with Gasteiger partial charge in [-0.15, -0.1) is 0 Å². The van der Waals surface area contributed by atoms with Gasteiger partial charge in [-0.2, -0.15) is 0 Å². The second kappa shape index (κ2) is 7.28. The number of nitrogens with one attached hydrogen (secondary N) is 1. The summed E-state index contributed by atoms with van der Waals surface area (Å²) in [6.07, 6.45) is 3.37. The molecule has 0 aromatic carbocycles. The molecule has 0 aliphatic carbocycles. The number of nitrogens with zero attached hydrogens (tertiary/aromatic N) is 1. The van der Waals surface area contributed by atoms with Crippen LogP contribution in [0.1, 0.15) is 44.9 Å². The average Bonchev–Trinajstić information content (AvgIpc) is 2.39. The molecule has 3 heteroatoms. The van der Waals surface area contributed by atoms with Gasteiger partial charge in [-0.1, -0.05) is 33.6 Å². The molecule has 0 amide bonds. The third-order valence-electron chi connectivity index (χ3n) is 3.26. The van der Waals surface area contributed by atoms with Crippen molar-refractivity contribution in [3.8, 4) is 0 Å². The lowest BCUT2D eigenvalue weighted by Crippen LogP contribution is -2.14. The monoisotopic (exact) mass is 235 g/mol. The molecule has 0 bridgehead atoms. The number of aryl methyl sites for hydroxylation is 1. The van der Waals surface area contributed by atoms with Gasteiger partial charge in [0.2, 0.25) is 0 Å². The van der Waals surface area contributed by atoms with Crippen LogP contribution in [0, 0.1) is 5.92 Å². The minimum absolute atomic E-state index is 0.579. The molecule has 1 aromatic rings. The smallest absolute Gasteiger partial charge is 0.126 e. The third kappa shape index (κ3) is 4.35. The molecule has 1 rings (SSSR count). The molecule has 0 fully saturated rings. The SMILES string of the molecule is CCc1cc(CN)cc(NCC(CC)CC)n1. The minimum Gasteiger partial charge on any atom is -0.370 e. The molecular weight excluding hydrogens is 210 g/mol. The summed E-state index contributed by atoms with van der Waals surface area (Å²) in [6, 6.07) is 4.14. The first-order valence-electron chi connectivity index (χ1n) is 6.67. The maximum absolute atomic E-state index is 5.70. The Kier molecular flexibility index (Phi) is 5.98. The van der Waals surface area contributed by atoms with Gasteiger partial charge in [-0.05, 0) is 30.0 Å². The number of pyridine rings is 1. The standard InChI is InChI=1S/C14H25N3/c1-4-11(5-2)10-16-14-8-12(9-15)7-13(6-3)17-14/h7-8,11H,4-6,9-10,15H2,1-3H3,(H,16,17). The molecule has 0 spiro atoms. The van der Waals surface area contributed by atoms with E-state index in [4.69, 9.17) is 5.73 Å². The van der Waals surface area contributed by atoms with E-state index >= 15 is 0 Å². The number of rotatable bonds is 7. The zero-order chi connectivity index (χ0) is 12.7. The highest BCUT2D eigenvalue weighted by Crippen LogP contribution is 2.13. The average molecular weight is 235 g/mol. The van der Waals surface area contributed by atoms with Crippen LogP contribution in [0.5, 0.6) is 0 Å². The highest BCUT2D eigenvalue weighted by molar-refractivity contribution is 5.39. The van der Waals surface area contributed by atoms with Crippen LogP contribution in [-0.2, 0) is 13.0 Å². The highest BCUT2D eigenvalue weighted by atomic mass is 15.0. The normalized spacial score (nSPS) is 10.9. The summed E-state index contributed by atoms with van der Waals surface area (Å²) in [5.41, 5.74) is 7.96. The van der Waals surface area contributed by atoms with Crippen molar-refractivity contribution in [2.45, 2.75) is 46.6 Å². The van der Waals surface area contributed by atoms with Crippen LogP contribution in [0.4, 0.5) is 5.82 Å². The molecular formula is C14H25N3. The molecule has 0 radical (unpaired) electrons. The fourth-order valence-corrected chi connectivity index (χ4v) is 1.87. The summed E-state index contributed by atoms with van der Waals surface area (Å²) >= 11 is 0. The summed E-state index contributed by atoms with van der Waals surface area (Å²) in [5.74, 6) is 1.69. The van der Waals surface area contributed by atoms with E-state index in [0.717, 1.165) is 36.0 Å². The molecule has 0 saturated carbocycles. The van der Waals surface area contributed by atoms with Crippen LogP contribution in [0.2, 0.25) is 0 Å². The molecule has 3 nitrogen and oxygen atoms in total. The van der Waals surface area contributed by atoms with Crippen LogP contribution < -0.4 is 11.1 Å². The quantitative estimate of drug-likeness (QED) is 0.764. The van der Waals surface area contributed by atoms with E-state index in [1.54, 1.807) is 0 Å². The van der Waals surface area contributed by atoms with E-state index < -0.39 is 0 Å². The van der Waals surface area contributed by atoms with Gasteiger partial charge < -0.3 is 11.1 Å². The first-order chi connectivity index (χ1) is 8.23. The molecule has 1 aromatic heterocycles. The minimum atomic E-state index is 0.579. The van der Waals surface area contributed by atoms with E-state index in [1.807, 2.05) is 0 Å². The zero-order valence-corrected chi connectivity index (χ0v) is 11.3. The third-order valence-corrected chi connectivity index (χ3v) is 3.26. The summed E-state index contributed by atoms with van der Waals surface area (Å²) in [6.45, 7) is 8.16. The van der Waals surface area contributed by atoms with Gasteiger partial charge in [-0.25, -0.2) is 4.98 Å². The Hall–Kier alpha value is -1.09. The summed E-state index contributed by atoms with van der Waals surface area (Å²) in [4.78, 5) is 4.57. The molecule has 96 valence electrons. The number of anilines is 1. The maximum Gasteiger partial charge on any atom is 0.126 e. The second-order valence-electron chi connectivity index (χ2n) is 4.47. The Morgan fingerprint density at radius 2 is 1.94 bits per heavy atom. The van der Waals surface area contributed by atoms with Crippen molar-refractivity contribution in [3.63, 3.8) is 0 Å². The van der Waals surface area contributed by atoms with Crippen molar-refractivity contribution in [1.29, 1.82) is 0 Å². The lowest BCUT2D eigenvalue weighted by atomic mass is 10.0. The molecule has 0 atom stereocenters. The molecule has 0 unspecified atom stereocenters. The Morgan fingerprint density at radius 3 is 2.47 bits per heavy atom. The van der Waals surface area contributed by atoms with Gasteiger partial charge in [0.25, 0.3) is 0 Å². The molecule has 0 aliphatic heterocycles. The van der Waals surface area contributed by atoms with Crippen molar-refractivity contribution in [2.75, 3.05) is 11.9 Å². The summed E-state index contributed by atoms with van der Waals surface area (Å²) < 4.78 is 0. The van der Waals surface area contributed by atoms with Crippen LogP contribution in [-0.4, -0.2) is 11.5 Å². The van der Waals surface area contributed by atoms with E-state index in [-0.39, 0.29) is 0 Å². The molecule has 0 aliphatic rings. The lowest BCUT2D eigenvalue weighted by molar-refractivity contribution is 0.518. The number of aromatic nitrogens is 1. The number of nitrogens with two attached hydrogens (primary N) is 1. The van der Waals surface area contributed by atoms with E-state index in [2.05, 4.69) is 43.2 Å². The van der Waals surface area contributed by atoms with E-state index in [1.165, 1.54) is 12.8 Å². The zero-order valence-electron chi connectivity index (χ0n) is 11.3. The topological polar surface area (TPSA) is 50.9 Å². The molecule has 17 heavy (non-hydrogen) atoms. The second-order valence-corrected chi connectivity index (χ2v) is 4.47. The van der Waals surface area contributed by atoms with Crippen LogP contribution >= 0.6 is 0 Å². The Labute approximate surface area is 105 Å². The molecule has 0 saturated heterocycles. The number of hydrogen-bond acceptors (Lipinski definition) is 3. The molecule has 1 heterocycles. The van der Waals surface area contributed by atoms with E-state index in [9.17, 15) is 0 Å². The first kappa shape index (κ1) is 14.0. The van der Waals surface area contributed by atoms with Crippen LogP contribution in [0.3, 0.4) is 0 Å². The van der Waals surface area contributed by atoms with Gasteiger partial charge in [0.15, 0.2) is 0 Å². The van der Waals surface area contributed by atoms with Crippen molar-refractivity contribution >= 4 is 5.82 Å². The maximum atomic E-state index is 5.70. The summed E-state index contributed by atoms with van der Waals surface area (Å²) in [7, 11) is 0. The molecule has 3 N–H and O–H groups in total.